The molecule has 0 saturated carbocycles. The highest BCUT2D eigenvalue weighted by Crippen LogP contribution is 2.17. The zero-order valence-electron chi connectivity index (χ0n) is 16.2. The number of hydrogen-bond acceptors (Lipinski definition) is 4. The van der Waals surface area contributed by atoms with Gasteiger partial charge in [0.1, 0.15) is 0 Å². The van der Waals surface area contributed by atoms with Crippen LogP contribution in [0.1, 0.15) is 11.1 Å². The van der Waals surface area contributed by atoms with Crippen LogP contribution in [0.3, 0.4) is 0 Å². The molecule has 0 unspecified atom stereocenters. The summed E-state index contributed by atoms with van der Waals surface area (Å²) < 4.78 is 25.9. The quantitative estimate of drug-likeness (QED) is 0.731. The molecule has 6 heteroatoms. The molecule has 0 amide bonds. The summed E-state index contributed by atoms with van der Waals surface area (Å²) in [6.07, 6.45) is 1.09. The van der Waals surface area contributed by atoms with Crippen molar-refractivity contribution in [2.24, 2.45) is 0 Å². The zero-order chi connectivity index (χ0) is 19.3. The summed E-state index contributed by atoms with van der Waals surface area (Å²) in [5.41, 5.74) is 2.44. The molecule has 0 radical (unpaired) electrons. The molecule has 0 atom stereocenters. The van der Waals surface area contributed by atoms with Crippen molar-refractivity contribution in [1.82, 2.24) is 14.1 Å². The number of piperazine rings is 1. The minimum absolute atomic E-state index is 0.367. The average Bonchev–Trinajstić information content (AvgIpc) is 2.68. The Hall–Kier alpha value is -1.73. The SMILES string of the molecule is CN(C)S(=O)(=O)c1cccc(CN2CCN(CCc3ccccc3)CC2)c1. The molecule has 0 N–H and O–H groups in total. The van der Waals surface area contributed by atoms with Crippen molar-refractivity contribution < 1.29 is 8.42 Å². The third-order valence-electron chi connectivity index (χ3n) is 5.11. The van der Waals surface area contributed by atoms with E-state index in [1.165, 1.54) is 9.87 Å². The van der Waals surface area contributed by atoms with Crippen molar-refractivity contribution >= 4 is 10.0 Å². The van der Waals surface area contributed by atoms with Crippen LogP contribution >= 0.6 is 0 Å². The maximum absolute atomic E-state index is 12.3. The topological polar surface area (TPSA) is 43.9 Å². The summed E-state index contributed by atoms with van der Waals surface area (Å²) in [6.45, 7) is 6.03. The Labute approximate surface area is 163 Å². The van der Waals surface area contributed by atoms with Crippen LogP contribution in [0.2, 0.25) is 0 Å². The summed E-state index contributed by atoms with van der Waals surface area (Å²) in [7, 11) is -0.244. The van der Waals surface area contributed by atoms with Gasteiger partial charge in [-0.3, -0.25) is 4.90 Å². The third kappa shape index (κ3) is 5.39. The fraction of sp³-hybridized carbons (Fsp3) is 0.429. The predicted molar refractivity (Wildman–Crippen MR) is 109 cm³/mol. The number of sulfonamides is 1. The van der Waals surface area contributed by atoms with Gasteiger partial charge in [-0.1, -0.05) is 42.5 Å². The molecule has 146 valence electrons. The van der Waals surface area contributed by atoms with E-state index in [9.17, 15) is 8.42 Å². The van der Waals surface area contributed by atoms with Crippen molar-refractivity contribution in [3.05, 3.63) is 65.7 Å². The average molecular weight is 388 g/mol. The number of rotatable bonds is 7. The minimum atomic E-state index is -3.38. The maximum Gasteiger partial charge on any atom is 0.242 e. The van der Waals surface area contributed by atoms with E-state index in [4.69, 9.17) is 0 Å². The molecular formula is C21H29N3O2S. The van der Waals surface area contributed by atoms with Gasteiger partial charge in [0, 0.05) is 53.4 Å². The normalized spacial score (nSPS) is 16.7. The van der Waals surface area contributed by atoms with Gasteiger partial charge in [-0.15, -0.1) is 0 Å². The van der Waals surface area contributed by atoms with Crippen LogP contribution in [0.5, 0.6) is 0 Å². The molecule has 1 fully saturated rings. The summed E-state index contributed by atoms with van der Waals surface area (Å²) in [5.74, 6) is 0. The number of nitrogens with zero attached hydrogens (tertiary/aromatic N) is 3. The van der Waals surface area contributed by atoms with E-state index in [2.05, 4.69) is 40.1 Å². The summed E-state index contributed by atoms with van der Waals surface area (Å²) >= 11 is 0. The highest BCUT2D eigenvalue weighted by molar-refractivity contribution is 7.89. The Morgan fingerprint density at radius 1 is 0.852 bits per heavy atom. The third-order valence-corrected chi connectivity index (χ3v) is 6.92. The molecule has 1 heterocycles. The smallest absolute Gasteiger partial charge is 0.242 e. The Bertz CT molecular complexity index is 830. The summed E-state index contributed by atoms with van der Waals surface area (Å²) in [6, 6.07) is 17.9. The van der Waals surface area contributed by atoms with E-state index in [0.29, 0.717) is 4.90 Å². The highest BCUT2D eigenvalue weighted by Gasteiger charge is 2.19. The van der Waals surface area contributed by atoms with Gasteiger partial charge >= 0.3 is 0 Å². The Morgan fingerprint density at radius 3 is 2.15 bits per heavy atom. The molecule has 0 aliphatic carbocycles. The van der Waals surface area contributed by atoms with Crippen molar-refractivity contribution in [2.75, 3.05) is 46.8 Å². The van der Waals surface area contributed by atoms with Gasteiger partial charge < -0.3 is 4.90 Å². The molecule has 0 bridgehead atoms. The van der Waals surface area contributed by atoms with E-state index in [1.54, 1.807) is 26.2 Å². The number of benzene rings is 2. The van der Waals surface area contributed by atoms with Gasteiger partial charge in [-0.05, 0) is 29.7 Å². The van der Waals surface area contributed by atoms with E-state index in [1.807, 2.05) is 12.1 Å². The second-order valence-electron chi connectivity index (χ2n) is 7.29. The van der Waals surface area contributed by atoms with Crippen LogP contribution in [-0.4, -0.2) is 69.3 Å². The molecule has 5 nitrogen and oxygen atoms in total. The second kappa shape index (κ2) is 8.97. The van der Waals surface area contributed by atoms with Crippen LogP contribution in [0.15, 0.2) is 59.5 Å². The second-order valence-corrected chi connectivity index (χ2v) is 9.44. The molecule has 1 aliphatic heterocycles. The van der Waals surface area contributed by atoms with Crippen LogP contribution < -0.4 is 0 Å². The van der Waals surface area contributed by atoms with E-state index in [-0.39, 0.29) is 0 Å². The molecule has 0 spiro atoms. The Balaban J connectivity index is 1.51. The molecule has 1 aliphatic rings. The minimum Gasteiger partial charge on any atom is -0.300 e. The lowest BCUT2D eigenvalue weighted by molar-refractivity contribution is 0.128. The summed E-state index contributed by atoms with van der Waals surface area (Å²) in [5, 5.41) is 0. The first-order valence-electron chi connectivity index (χ1n) is 9.45. The van der Waals surface area contributed by atoms with Crippen molar-refractivity contribution in [1.29, 1.82) is 0 Å². The lowest BCUT2D eigenvalue weighted by Gasteiger charge is -2.34. The molecule has 3 rings (SSSR count). The van der Waals surface area contributed by atoms with Gasteiger partial charge in [0.25, 0.3) is 0 Å². The molecule has 1 saturated heterocycles. The van der Waals surface area contributed by atoms with Crippen molar-refractivity contribution in [2.45, 2.75) is 17.9 Å². The molecule has 27 heavy (non-hydrogen) atoms. The van der Waals surface area contributed by atoms with Gasteiger partial charge in [-0.2, -0.15) is 0 Å². The van der Waals surface area contributed by atoms with Crippen molar-refractivity contribution in [3.8, 4) is 0 Å². The van der Waals surface area contributed by atoms with Crippen LogP contribution in [-0.2, 0) is 23.0 Å². The zero-order valence-corrected chi connectivity index (χ0v) is 17.0. The predicted octanol–water partition coefficient (Wildman–Crippen LogP) is 2.30. The lowest BCUT2D eigenvalue weighted by atomic mass is 10.1. The molecule has 2 aromatic rings. The maximum atomic E-state index is 12.3. The Kier molecular flexibility index (Phi) is 6.65. The molecule has 2 aromatic carbocycles. The van der Waals surface area contributed by atoms with E-state index >= 15 is 0 Å². The fourth-order valence-electron chi connectivity index (χ4n) is 3.38. The summed E-state index contributed by atoms with van der Waals surface area (Å²) in [4.78, 5) is 5.28. The number of hydrogen-bond donors (Lipinski definition) is 0. The van der Waals surface area contributed by atoms with Gasteiger partial charge in [0.15, 0.2) is 0 Å². The fourth-order valence-corrected chi connectivity index (χ4v) is 4.35. The Morgan fingerprint density at radius 2 is 1.48 bits per heavy atom. The van der Waals surface area contributed by atoms with Crippen LogP contribution in [0.4, 0.5) is 0 Å². The van der Waals surface area contributed by atoms with Crippen LogP contribution in [0.25, 0.3) is 0 Å². The van der Waals surface area contributed by atoms with Gasteiger partial charge in [0.05, 0.1) is 4.90 Å². The lowest BCUT2D eigenvalue weighted by Crippen LogP contribution is -2.46. The van der Waals surface area contributed by atoms with Crippen molar-refractivity contribution in [3.63, 3.8) is 0 Å². The van der Waals surface area contributed by atoms with E-state index < -0.39 is 10.0 Å². The molecule has 0 aromatic heterocycles. The van der Waals surface area contributed by atoms with Gasteiger partial charge in [0.2, 0.25) is 10.0 Å². The first-order chi connectivity index (χ1) is 12.9. The largest absolute Gasteiger partial charge is 0.300 e. The van der Waals surface area contributed by atoms with E-state index in [0.717, 1.165) is 51.3 Å². The highest BCUT2D eigenvalue weighted by atomic mass is 32.2. The first kappa shape index (κ1) is 20.0. The standard InChI is InChI=1S/C21H29N3O2S/c1-22(2)27(25,26)21-10-6-9-20(17-21)18-24-15-13-23(14-16-24)12-11-19-7-4-3-5-8-19/h3-10,17H,11-16,18H2,1-2H3. The first-order valence-corrected chi connectivity index (χ1v) is 10.9. The van der Waals surface area contributed by atoms with Crippen LogP contribution in [0, 0.1) is 0 Å². The monoisotopic (exact) mass is 387 g/mol. The van der Waals surface area contributed by atoms with Gasteiger partial charge in [-0.25, -0.2) is 12.7 Å². The molecular weight excluding hydrogens is 358 g/mol.